The summed E-state index contributed by atoms with van der Waals surface area (Å²) >= 11 is 0. The molecule has 2 aromatic rings. The maximum atomic E-state index is 13.0. The minimum atomic E-state index is -4.57. The zero-order chi connectivity index (χ0) is 25.3. The summed E-state index contributed by atoms with van der Waals surface area (Å²) in [4.78, 5) is 24.7. The van der Waals surface area contributed by atoms with Crippen molar-refractivity contribution < 1.29 is 22.7 Å². The Morgan fingerprint density at radius 3 is 2.63 bits per heavy atom. The molecule has 1 atom stereocenters. The number of ether oxygens (including phenoxy) is 1. The van der Waals surface area contributed by atoms with Crippen molar-refractivity contribution in [3.8, 4) is 11.9 Å². The zero-order valence-corrected chi connectivity index (χ0v) is 18.2. The molecule has 35 heavy (non-hydrogen) atoms. The van der Waals surface area contributed by atoms with Crippen LogP contribution in [0.5, 0.6) is 5.88 Å². The number of carbonyl (C=O) groups excluding carboxylic acids is 1. The second-order valence-corrected chi connectivity index (χ2v) is 6.87. The Labute approximate surface area is 200 Å². The Bertz CT molecular complexity index is 1080. The molecule has 8 N–H and O–H groups in total. The van der Waals surface area contributed by atoms with Crippen LogP contribution in [0.1, 0.15) is 38.3 Å². The maximum absolute atomic E-state index is 13.0. The number of anilines is 3. The highest BCUT2D eigenvalue weighted by atomic mass is 19.4. The first-order valence-corrected chi connectivity index (χ1v) is 10.1. The summed E-state index contributed by atoms with van der Waals surface area (Å²) in [6.07, 6.45) is -4.11. The van der Waals surface area contributed by atoms with Crippen LogP contribution in [0.3, 0.4) is 0 Å². The number of guanidine groups is 1. The lowest BCUT2D eigenvalue weighted by Gasteiger charge is -2.20. The summed E-state index contributed by atoms with van der Waals surface area (Å²) in [5.74, 6) is -1.15. The van der Waals surface area contributed by atoms with E-state index < -0.39 is 23.7 Å². The molecule has 11 nitrogen and oxygen atoms in total. The molecule has 2 rings (SSSR count). The Morgan fingerprint density at radius 1 is 1.31 bits per heavy atom. The number of nitrogens with two attached hydrogens (primary N) is 3. The second-order valence-electron chi connectivity index (χ2n) is 6.87. The average Bonchev–Trinajstić information content (AvgIpc) is 2.75. The quantitative estimate of drug-likeness (QED) is 0.187. The molecule has 0 saturated heterocycles. The second kappa shape index (κ2) is 12.8. The van der Waals surface area contributed by atoms with Crippen molar-refractivity contribution in [1.82, 2.24) is 9.97 Å². The highest BCUT2D eigenvalue weighted by molar-refractivity contribution is 5.96. The molecule has 0 unspecified atom stereocenters. The summed E-state index contributed by atoms with van der Waals surface area (Å²) in [5, 5.41) is 14.8. The Balaban J connectivity index is 0.00000612. The van der Waals surface area contributed by atoms with Gasteiger partial charge in [-0.2, -0.15) is 28.4 Å². The van der Waals surface area contributed by atoms with E-state index in [9.17, 15) is 23.2 Å². The van der Waals surface area contributed by atoms with Gasteiger partial charge in [-0.05, 0) is 38.0 Å². The minimum absolute atomic E-state index is 0. The number of nitrogens with zero attached hydrogens (tertiary/aromatic N) is 4. The van der Waals surface area contributed by atoms with E-state index >= 15 is 0 Å². The van der Waals surface area contributed by atoms with E-state index in [-0.39, 0.29) is 61.9 Å². The molecule has 0 aliphatic rings. The Morgan fingerprint density at radius 2 is 2.03 bits per heavy atom. The fraction of sp³-hybridized carbons (Fsp3) is 0.381. The molecule has 0 fully saturated rings. The summed E-state index contributed by atoms with van der Waals surface area (Å²) in [7, 11) is 0. The molecule has 1 aromatic carbocycles. The standard InChI is InChI=1S/C20H24F3N9O2.CH4/c1-2-34-17-13(10-24)15(31-19(27)32-17)30-14(7-4-8-28-18(25)26)16(33)29-12-6-3-5-11(9-12)20(21,22)23;/h3,5-6,9,14H,2,4,7-8H2,1H3,(H,29,33)(H4,25,26,28)(H3,27,30,31,32);1H4/t14-;/m0./s1. The van der Waals surface area contributed by atoms with Crippen LogP contribution in [-0.4, -0.2) is 41.0 Å². The van der Waals surface area contributed by atoms with Gasteiger partial charge in [0, 0.05) is 12.2 Å². The van der Waals surface area contributed by atoms with Gasteiger partial charge < -0.3 is 32.6 Å². The number of nitrogens with one attached hydrogen (secondary N) is 2. The number of rotatable bonds is 10. The number of aliphatic imine (C=N–C) groups is 1. The summed E-state index contributed by atoms with van der Waals surface area (Å²) in [5.41, 5.74) is 15.2. The normalized spacial score (nSPS) is 11.4. The lowest BCUT2D eigenvalue weighted by Crippen LogP contribution is -2.35. The van der Waals surface area contributed by atoms with Crippen LogP contribution >= 0.6 is 0 Å². The molecule has 190 valence electrons. The van der Waals surface area contributed by atoms with Gasteiger partial charge in [0.25, 0.3) is 0 Å². The van der Waals surface area contributed by atoms with Gasteiger partial charge in [0.2, 0.25) is 17.7 Å². The number of amides is 1. The predicted octanol–water partition coefficient (Wildman–Crippen LogP) is 2.46. The van der Waals surface area contributed by atoms with Crippen molar-refractivity contribution in [2.45, 2.75) is 39.4 Å². The van der Waals surface area contributed by atoms with Crippen LogP contribution in [0.15, 0.2) is 29.3 Å². The van der Waals surface area contributed by atoms with Crippen LogP contribution in [0.2, 0.25) is 0 Å². The first-order chi connectivity index (χ1) is 16.0. The number of nitriles is 1. The number of hydrogen-bond donors (Lipinski definition) is 5. The van der Waals surface area contributed by atoms with Gasteiger partial charge >= 0.3 is 6.18 Å². The van der Waals surface area contributed by atoms with Gasteiger partial charge in [-0.1, -0.05) is 13.5 Å². The van der Waals surface area contributed by atoms with Gasteiger partial charge in [-0.15, -0.1) is 0 Å². The van der Waals surface area contributed by atoms with Crippen LogP contribution < -0.4 is 32.6 Å². The third-order valence-corrected chi connectivity index (χ3v) is 4.32. The van der Waals surface area contributed by atoms with E-state index in [1.807, 2.05) is 6.07 Å². The number of benzene rings is 1. The number of halogens is 3. The summed E-state index contributed by atoms with van der Waals surface area (Å²) in [6, 6.07) is 5.05. The molecule has 1 aromatic heterocycles. The first-order valence-electron chi connectivity index (χ1n) is 10.1. The Kier molecular flexibility index (Phi) is 10.5. The fourth-order valence-electron chi connectivity index (χ4n) is 2.84. The number of hydrogen-bond acceptors (Lipinski definition) is 8. The number of aromatic nitrogens is 2. The molecule has 0 radical (unpaired) electrons. The molecule has 0 aliphatic carbocycles. The Hall–Kier alpha value is -4.28. The molecule has 0 spiro atoms. The number of alkyl halides is 3. The first kappa shape index (κ1) is 28.8. The van der Waals surface area contributed by atoms with E-state index in [1.165, 1.54) is 12.1 Å². The third kappa shape index (κ3) is 8.54. The predicted molar refractivity (Wildman–Crippen MR) is 126 cm³/mol. The van der Waals surface area contributed by atoms with E-state index in [4.69, 9.17) is 21.9 Å². The number of nitrogen functional groups attached to an aromatic ring is 1. The van der Waals surface area contributed by atoms with Crippen molar-refractivity contribution in [2.75, 3.05) is 29.5 Å². The van der Waals surface area contributed by atoms with Crippen molar-refractivity contribution >= 4 is 29.3 Å². The molecule has 1 amide bonds. The summed E-state index contributed by atoms with van der Waals surface area (Å²) in [6.45, 7) is 2.07. The highest BCUT2D eigenvalue weighted by Crippen LogP contribution is 2.31. The van der Waals surface area contributed by atoms with E-state index in [2.05, 4.69) is 25.6 Å². The molecule has 0 aliphatic heterocycles. The zero-order valence-electron chi connectivity index (χ0n) is 18.2. The van der Waals surface area contributed by atoms with Crippen LogP contribution in [0.25, 0.3) is 0 Å². The van der Waals surface area contributed by atoms with E-state index in [1.54, 1.807) is 6.92 Å². The van der Waals surface area contributed by atoms with Crippen LogP contribution in [0.4, 0.5) is 30.6 Å². The third-order valence-electron chi connectivity index (χ3n) is 4.32. The lowest BCUT2D eigenvalue weighted by atomic mass is 10.1. The lowest BCUT2D eigenvalue weighted by molar-refractivity contribution is -0.137. The molecular weight excluding hydrogens is 467 g/mol. The van der Waals surface area contributed by atoms with E-state index in [0.29, 0.717) is 6.42 Å². The van der Waals surface area contributed by atoms with Crippen LogP contribution in [0, 0.1) is 11.3 Å². The van der Waals surface area contributed by atoms with Gasteiger partial charge in [-0.25, -0.2) is 0 Å². The summed E-state index contributed by atoms with van der Waals surface area (Å²) < 4.78 is 44.4. The van der Waals surface area contributed by atoms with Gasteiger partial charge in [-0.3, -0.25) is 9.79 Å². The average molecular weight is 496 g/mol. The smallest absolute Gasteiger partial charge is 0.416 e. The molecule has 0 saturated carbocycles. The molecule has 14 heteroatoms. The molecule has 1 heterocycles. The van der Waals surface area contributed by atoms with E-state index in [0.717, 1.165) is 12.1 Å². The highest BCUT2D eigenvalue weighted by Gasteiger charge is 2.31. The minimum Gasteiger partial charge on any atom is -0.477 e. The van der Waals surface area contributed by atoms with Crippen molar-refractivity contribution in [2.24, 2.45) is 16.5 Å². The van der Waals surface area contributed by atoms with Crippen molar-refractivity contribution in [3.05, 3.63) is 35.4 Å². The van der Waals surface area contributed by atoms with Crippen molar-refractivity contribution in [1.29, 1.82) is 5.26 Å². The fourth-order valence-corrected chi connectivity index (χ4v) is 2.84. The molecule has 0 bridgehead atoms. The van der Waals surface area contributed by atoms with Crippen molar-refractivity contribution in [3.63, 3.8) is 0 Å². The van der Waals surface area contributed by atoms with Gasteiger partial charge in [0.1, 0.15) is 12.1 Å². The largest absolute Gasteiger partial charge is 0.477 e. The number of carbonyl (C=O) groups is 1. The molecular formula is C21H28F3N9O2. The van der Waals surface area contributed by atoms with Gasteiger partial charge in [0.15, 0.2) is 17.3 Å². The van der Waals surface area contributed by atoms with Crippen LogP contribution in [-0.2, 0) is 11.0 Å². The topological polar surface area (TPSA) is 190 Å². The van der Waals surface area contributed by atoms with Gasteiger partial charge in [0.05, 0.1) is 12.2 Å². The SMILES string of the molecule is C.CCOc1nc(N)nc(N[C@@H](CCCN=C(N)N)C(=O)Nc2cccc(C(F)(F)F)c2)c1C#N. The monoisotopic (exact) mass is 495 g/mol. The maximum Gasteiger partial charge on any atom is 0.416 e.